The van der Waals surface area contributed by atoms with Crippen molar-refractivity contribution in [2.45, 2.75) is 46.0 Å². The van der Waals surface area contributed by atoms with Crippen LogP contribution in [0, 0.1) is 26.7 Å². The topological polar surface area (TPSA) is 12.0 Å². The van der Waals surface area contributed by atoms with Crippen molar-refractivity contribution in [3.63, 3.8) is 0 Å². The minimum atomic E-state index is 0.779. The quantitative estimate of drug-likeness (QED) is 0.836. The maximum absolute atomic E-state index is 3.35. The fourth-order valence-corrected chi connectivity index (χ4v) is 3.34. The molecule has 1 aromatic carbocycles. The van der Waals surface area contributed by atoms with Crippen LogP contribution in [0.5, 0.6) is 0 Å². The Morgan fingerprint density at radius 3 is 2.47 bits per heavy atom. The van der Waals surface area contributed by atoms with Gasteiger partial charge in [-0.15, -0.1) is 0 Å². The van der Waals surface area contributed by atoms with E-state index in [1.165, 1.54) is 36.0 Å². The summed E-state index contributed by atoms with van der Waals surface area (Å²) in [6.07, 6.45) is 4.15. The van der Waals surface area contributed by atoms with Crippen LogP contribution in [0.1, 0.15) is 47.4 Å². The summed E-state index contributed by atoms with van der Waals surface area (Å²) >= 11 is 0. The van der Waals surface area contributed by atoms with Crippen molar-refractivity contribution in [2.24, 2.45) is 5.92 Å². The Balaban J connectivity index is 2.29. The van der Waals surface area contributed by atoms with Gasteiger partial charge in [0.1, 0.15) is 0 Å². The van der Waals surface area contributed by atoms with E-state index in [0.29, 0.717) is 0 Å². The summed E-state index contributed by atoms with van der Waals surface area (Å²) in [6, 6.07) is 4.79. The molecule has 0 spiro atoms. The van der Waals surface area contributed by atoms with Crippen molar-refractivity contribution in [2.75, 3.05) is 13.6 Å². The molecule has 0 aliphatic heterocycles. The van der Waals surface area contributed by atoms with E-state index in [9.17, 15) is 0 Å². The fourth-order valence-electron chi connectivity index (χ4n) is 3.34. The molecule has 2 rings (SSSR count). The Morgan fingerprint density at radius 2 is 1.76 bits per heavy atom. The van der Waals surface area contributed by atoms with Crippen molar-refractivity contribution < 1.29 is 0 Å². The van der Waals surface area contributed by atoms with E-state index in [-0.39, 0.29) is 0 Å². The smallest absolute Gasteiger partial charge is 0.00177 e. The van der Waals surface area contributed by atoms with Crippen molar-refractivity contribution in [3.8, 4) is 0 Å². The lowest BCUT2D eigenvalue weighted by Crippen LogP contribution is -2.21. The van der Waals surface area contributed by atoms with Crippen LogP contribution in [-0.2, 0) is 0 Å². The van der Waals surface area contributed by atoms with E-state index < -0.39 is 0 Å². The standard InChI is InChI=1S/C16H25N/c1-11-8-13(3)16(9-12(11)2)15-7-5-6-14(15)10-17-4/h8-9,14-15,17H,5-7,10H2,1-4H3. The normalized spacial score (nSPS) is 24.2. The maximum atomic E-state index is 3.35. The Bertz CT molecular complexity index is 395. The second-order valence-electron chi connectivity index (χ2n) is 5.65. The first kappa shape index (κ1) is 12.6. The van der Waals surface area contributed by atoms with E-state index in [2.05, 4.69) is 45.3 Å². The summed E-state index contributed by atoms with van der Waals surface area (Å²) in [4.78, 5) is 0. The van der Waals surface area contributed by atoms with Crippen LogP contribution >= 0.6 is 0 Å². The highest BCUT2D eigenvalue weighted by atomic mass is 14.8. The third-order valence-corrected chi connectivity index (χ3v) is 4.41. The first-order valence-corrected chi connectivity index (χ1v) is 6.86. The van der Waals surface area contributed by atoms with Crippen LogP contribution in [0.2, 0.25) is 0 Å². The first-order valence-electron chi connectivity index (χ1n) is 6.86. The third kappa shape index (κ3) is 2.55. The number of nitrogens with one attached hydrogen (secondary N) is 1. The lowest BCUT2D eigenvalue weighted by atomic mass is 9.84. The number of hydrogen-bond donors (Lipinski definition) is 1. The monoisotopic (exact) mass is 231 g/mol. The minimum absolute atomic E-state index is 0.779. The molecule has 0 radical (unpaired) electrons. The summed E-state index contributed by atoms with van der Waals surface area (Å²) in [7, 11) is 2.07. The van der Waals surface area contributed by atoms with Crippen LogP contribution in [-0.4, -0.2) is 13.6 Å². The van der Waals surface area contributed by atoms with Crippen molar-refractivity contribution in [1.29, 1.82) is 0 Å². The van der Waals surface area contributed by atoms with Gasteiger partial charge < -0.3 is 5.32 Å². The summed E-state index contributed by atoms with van der Waals surface area (Å²) < 4.78 is 0. The van der Waals surface area contributed by atoms with Gasteiger partial charge in [-0.3, -0.25) is 0 Å². The van der Waals surface area contributed by atoms with E-state index in [0.717, 1.165) is 18.4 Å². The van der Waals surface area contributed by atoms with E-state index in [4.69, 9.17) is 0 Å². The molecule has 0 saturated heterocycles. The van der Waals surface area contributed by atoms with Crippen molar-refractivity contribution in [1.82, 2.24) is 5.32 Å². The summed E-state index contributed by atoms with van der Waals surface area (Å²) in [6.45, 7) is 7.89. The molecule has 0 bridgehead atoms. The summed E-state index contributed by atoms with van der Waals surface area (Å²) in [5.41, 5.74) is 5.96. The van der Waals surface area contributed by atoms with Gasteiger partial charge in [-0.05, 0) is 81.3 Å². The highest BCUT2D eigenvalue weighted by molar-refractivity contribution is 5.39. The molecule has 0 aromatic heterocycles. The number of aryl methyl sites for hydroxylation is 3. The minimum Gasteiger partial charge on any atom is -0.319 e. The molecule has 1 aromatic rings. The second-order valence-corrected chi connectivity index (χ2v) is 5.65. The van der Waals surface area contributed by atoms with Gasteiger partial charge in [0.05, 0.1) is 0 Å². The largest absolute Gasteiger partial charge is 0.319 e. The predicted molar refractivity (Wildman–Crippen MR) is 74.7 cm³/mol. The third-order valence-electron chi connectivity index (χ3n) is 4.41. The van der Waals surface area contributed by atoms with Gasteiger partial charge in [-0.2, -0.15) is 0 Å². The zero-order chi connectivity index (χ0) is 12.4. The van der Waals surface area contributed by atoms with Crippen molar-refractivity contribution >= 4 is 0 Å². The molecule has 1 aliphatic rings. The first-order chi connectivity index (χ1) is 8.13. The Morgan fingerprint density at radius 1 is 1.06 bits per heavy atom. The van der Waals surface area contributed by atoms with Gasteiger partial charge >= 0.3 is 0 Å². The molecule has 1 aliphatic carbocycles. The van der Waals surface area contributed by atoms with Crippen molar-refractivity contribution in [3.05, 3.63) is 34.4 Å². The molecule has 0 amide bonds. The van der Waals surface area contributed by atoms with E-state index in [1.54, 1.807) is 5.56 Å². The molecule has 0 heterocycles. The van der Waals surface area contributed by atoms with Gasteiger partial charge in [0, 0.05) is 0 Å². The second kappa shape index (κ2) is 5.22. The number of rotatable bonds is 3. The molecule has 1 fully saturated rings. The molecular weight excluding hydrogens is 206 g/mol. The molecule has 1 saturated carbocycles. The Hall–Kier alpha value is -0.820. The van der Waals surface area contributed by atoms with Gasteiger partial charge in [0.2, 0.25) is 0 Å². The Kier molecular flexibility index (Phi) is 3.88. The molecule has 2 unspecified atom stereocenters. The van der Waals surface area contributed by atoms with Gasteiger partial charge in [0.15, 0.2) is 0 Å². The van der Waals surface area contributed by atoms with Crippen LogP contribution in [0.15, 0.2) is 12.1 Å². The van der Waals surface area contributed by atoms with Crippen LogP contribution in [0.25, 0.3) is 0 Å². The molecule has 94 valence electrons. The molecule has 1 heteroatoms. The van der Waals surface area contributed by atoms with Gasteiger partial charge in [0.25, 0.3) is 0 Å². The molecule has 1 nitrogen and oxygen atoms in total. The number of benzene rings is 1. The molecule has 1 N–H and O–H groups in total. The van der Waals surface area contributed by atoms with E-state index >= 15 is 0 Å². The Labute approximate surface area is 106 Å². The molecule has 17 heavy (non-hydrogen) atoms. The highest BCUT2D eigenvalue weighted by Crippen LogP contribution is 2.41. The zero-order valence-electron chi connectivity index (χ0n) is 11.6. The SMILES string of the molecule is CNCC1CCCC1c1cc(C)c(C)cc1C. The predicted octanol–water partition coefficient (Wildman–Crippen LogP) is 3.71. The molecule has 2 atom stereocenters. The summed E-state index contributed by atoms with van der Waals surface area (Å²) in [5, 5.41) is 3.35. The van der Waals surface area contributed by atoms with Crippen LogP contribution in [0.4, 0.5) is 0 Å². The zero-order valence-corrected chi connectivity index (χ0v) is 11.6. The van der Waals surface area contributed by atoms with Gasteiger partial charge in [-0.1, -0.05) is 18.6 Å². The average molecular weight is 231 g/mol. The molecular formula is C16H25N. The lowest BCUT2D eigenvalue weighted by Gasteiger charge is -2.22. The maximum Gasteiger partial charge on any atom is -0.00177 e. The average Bonchev–Trinajstić information content (AvgIpc) is 2.72. The van der Waals surface area contributed by atoms with Crippen LogP contribution in [0.3, 0.4) is 0 Å². The highest BCUT2D eigenvalue weighted by Gasteiger charge is 2.29. The lowest BCUT2D eigenvalue weighted by molar-refractivity contribution is 0.461. The fraction of sp³-hybridized carbons (Fsp3) is 0.625. The van der Waals surface area contributed by atoms with Gasteiger partial charge in [-0.25, -0.2) is 0 Å². The van der Waals surface area contributed by atoms with Crippen LogP contribution < -0.4 is 5.32 Å². The summed E-state index contributed by atoms with van der Waals surface area (Å²) in [5.74, 6) is 1.61. The van der Waals surface area contributed by atoms with E-state index in [1.807, 2.05) is 0 Å². The number of hydrogen-bond acceptors (Lipinski definition) is 1.